The maximum Gasteiger partial charge on any atom is 0.165 e. The van der Waals surface area contributed by atoms with Gasteiger partial charge in [-0.1, -0.05) is 127 Å². The highest BCUT2D eigenvalue weighted by Gasteiger charge is 2.18. The first kappa shape index (κ1) is 29.0. The zero-order valence-electron chi connectivity index (χ0n) is 26.7. The Balaban J connectivity index is 1.17. The third-order valence-corrected chi connectivity index (χ3v) is 11.8. The maximum absolute atomic E-state index is 5.06. The summed E-state index contributed by atoms with van der Waals surface area (Å²) in [4.78, 5) is 15.0. The van der Waals surface area contributed by atoms with Crippen molar-refractivity contribution >= 4 is 63.0 Å². The normalized spacial score (nSPS) is 11.6. The van der Waals surface area contributed by atoms with Crippen molar-refractivity contribution in [1.82, 2.24) is 15.0 Å². The van der Waals surface area contributed by atoms with E-state index in [0.29, 0.717) is 17.5 Å². The van der Waals surface area contributed by atoms with E-state index in [1.165, 1.54) is 62.6 Å². The predicted octanol–water partition coefficient (Wildman–Crippen LogP) is 12.9. The molecule has 0 aliphatic carbocycles. The number of aromatic nitrogens is 3. The van der Waals surface area contributed by atoms with Crippen molar-refractivity contribution in [2.45, 2.75) is 0 Å². The van der Waals surface area contributed by atoms with Crippen molar-refractivity contribution in [2.75, 3.05) is 0 Å². The first-order valence-electron chi connectivity index (χ1n) is 16.6. The van der Waals surface area contributed by atoms with Crippen molar-refractivity contribution in [3.8, 4) is 56.4 Å². The standard InChI is InChI=1S/C45H27N3S2/c1-4-13-28(14-5-1)32-26-36(42-38(27-32)33-19-10-11-22-39(33)49-42)31-23-24-40-37(25-31)34-20-12-21-35(41(34)50-40)45-47-43(29-15-6-2-7-16-29)46-44(48-45)30-17-8-3-9-18-30/h1-27H. The van der Waals surface area contributed by atoms with Crippen molar-refractivity contribution in [3.05, 3.63) is 164 Å². The Morgan fingerprint density at radius 3 is 1.54 bits per heavy atom. The van der Waals surface area contributed by atoms with E-state index >= 15 is 0 Å². The van der Waals surface area contributed by atoms with Crippen LogP contribution in [-0.4, -0.2) is 15.0 Å². The van der Waals surface area contributed by atoms with E-state index in [4.69, 9.17) is 15.0 Å². The van der Waals surface area contributed by atoms with E-state index in [1.807, 2.05) is 47.7 Å². The van der Waals surface area contributed by atoms with Crippen molar-refractivity contribution < 1.29 is 0 Å². The molecule has 3 nitrogen and oxygen atoms in total. The Kier molecular flexibility index (Phi) is 6.86. The Morgan fingerprint density at radius 1 is 0.300 bits per heavy atom. The summed E-state index contributed by atoms with van der Waals surface area (Å²) in [6.45, 7) is 0. The van der Waals surface area contributed by atoms with Gasteiger partial charge in [-0.2, -0.15) is 0 Å². The van der Waals surface area contributed by atoms with Gasteiger partial charge in [0, 0.05) is 62.6 Å². The molecule has 0 amide bonds. The van der Waals surface area contributed by atoms with Gasteiger partial charge in [0.2, 0.25) is 0 Å². The summed E-state index contributed by atoms with van der Waals surface area (Å²) < 4.78 is 5.04. The fraction of sp³-hybridized carbons (Fsp3) is 0. The third kappa shape index (κ3) is 4.90. The minimum Gasteiger partial charge on any atom is -0.208 e. The fourth-order valence-corrected chi connectivity index (χ4v) is 9.32. The van der Waals surface area contributed by atoms with Gasteiger partial charge >= 0.3 is 0 Å². The molecular formula is C45H27N3S2. The van der Waals surface area contributed by atoms with Crippen LogP contribution in [0.1, 0.15) is 0 Å². The van der Waals surface area contributed by atoms with Gasteiger partial charge in [0.05, 0.1) is 0 Å². The van der Waals surface area contributed by atoms with Crippen molar-refractivity contribution in [1.29, 1.82) is 0 Å². The number of thiophene rings is 2. The lowest BCUT2D eigenvalue weighted by Crippen LogP contribution is -2.00. The molecule has 0 radical (unpaired) electrons. The molecular weight excluding hydrogens is 647 g/mol. The Labute approximate surface area is 296 Å². The first-order chi connectivity index (χ1) is 24.8. The van der Waals surface area contributed by atoms with E-state index in [0.717, 1.165) is 16.7 Å². The molecule has 0 spiro atoms. The molecule has 50 heavy (non-hydrogen) atoms. The van der Waals surface area contributed by atoms with Crippen LogP contribution in [0, 0.1) is 0 Å². The molecule has 3 aromatic heterocycles. The van der Waals surface area contributed by atoms with Gasteiger partial charge < -0.3 is 0 Å². The molecule has 0 aliphatic rings. The summed E-state index contributed by atoms with van der Waals surface area (Å²) in [5, 5.41) is 5.06. The summed E-state index contributed by atoms with van der Waals surface area (Å²) in [5.41, 5.74) is 7.87. The molecule has 0 saturated heterocycles. The van der Waals surface area contributed by atoms with Crippen LogP contribution in [0.5, 0.6) is 0 Å². The SMILES string of the molecule is c1ccc(-c2cc(-c3ccc4sc5c(-c6nc(-c7ccccc7)nc(-c7ccccc7)n6)cccc5c4c3)c3sc4ccccc4c3c2)cc1. The highest BCUT2D eigenvalue weighted by Crippen LogP contribution is 2.45. The molecule has 0 unspecified atom stereocenters. The first-order valence-corrected chi connectivity index (χ1v) is 18.2. The largest absolute Gasteiger partial charge is 0.208 e. The smallest absolute Gasteiger partial charge is 0.165 e. The molecule has 234 valence electrons. The van der Waals surface area contributed by atoms with E-state index in [2.05, 4.69) is 127 Å². The van der Waals surface area contributed by atoms with Gasteiger partial charge in [0.25, 0.3) is 0 Å². The monoisotopic (exact) mass is 673 g/mol. The van der Waals surface area contributed by atoms with E-state index in [9.17, 15) is 0 Å². The maximum atomic E-state index is 5.06. The zero-order chi connectivity index (χ0) is 33.0. The molecule has 5 heteroatoms. The van der Waals surface area contributed by atoms with Crippen LogP contribution < -0.4 is 0 Å². The average Bonchev–Trinajstić information content (AvgIpc) is 3.76. The van der Waals surface area contributed by atoms with Crippen LogP contribution in [-0.2, 0) is 0 Å². The van der Waals surface area contributed by atoms with Gasteiger partial charge in [0.1, 0.15) is 0 Å². The second-order valence-corrected chi connectivity index (χ2v) is 14.5. The lowest BCUT2D eigenvalue weighted by atomic mass is 9.95. The van der Waals surface area contributed by atoms with Gasteiger partial charge in [0.15, 0.2) is 17.5 Å². The lowest BCUT2D eigenvalue weighted by molar-refractivity contribution is 1.08. The second kappa shape index (κ2) is 11.8. The van der Waals surface area contributed by atoms with Gasteiger partial charge in [-0.25, -0.2) is 15.0 Å². The van der Waals surface area contributed by atoms with Crippen LogP contribution >= 0.6 is 22.7 Å². The summed E-state index contributed by atoms with van der Waals surface area (Å²) >= 11 is 3.68. The second-order valence-electron chi connectivity index (χ2n) is 12.4. The number of nitrogens with zero attached hydrogens (tertiary/aromatic N) is 3. The minimum atomic E-state index is 0.667. The molecule has 0 aliphatic heterocycles. The van der Waals surface area contributed by atoms with E-state index in [1.54, 1.807) is 11.3 Å². The van der Waals surface area contributed by atoms with Crippen LogP contribution in [0.15, 0.2) is 164 Å². The highest BCUT2D eigenvalue weighted by atomic mass is 32.1. The molecule has 10 aromatic rings. The molecule has 0 fully saturated rings. The Morgan fingerprint density at radius 2 is 0.840 bits per heavy atom. The molecule has 10 rings (SSSR count). The molecule has 0 atom stereocenters. The number of hydrogen-bond donors (Lipinski definition) is 0. The summed E-state index contributed by atoms with van der Waals surface area (Å²) in [7, 11) is 0. The molecule has 3 heterocycles. The van der Waals surface area contributed by atoms with Crippen LogP contribution in [0.2, 0.25) is 0 Å². The molecule has 0 bridgehead atoms. The number of benzene rings is 7. The number of fused-ring (bicyclic) bond motifs is 6. The van der Waals surface area contributed by atoms with Crippen LogP contribution in [0.4, 0.5) is 0 Å². The predicted molar refractivity (Wildman–Crippen MR) is 213 cm³/mol. The van der Waals surface area contributed by atoms with Crippen molar-refractivity contribution in [2.24, 2.45) is 0 Å². The number of rotatable bonds is 5. The molecule has 0 N–H and O–H groups in total. The van der Waals surface area contributed by atoms with Gasteiger partial charge in [-0.15, -0.1) is 22.7 Å². The van der Waals surface area contributed by atoms with Crippen LogP contribution in [0.25, 0.3) is 96.8 Å². The van der Waals surface area contributed by atoms with E-state index in [-0.39, 0.29) is 0 Å². The topological polar surface area (TPSA) is 38.7 Å². The number of hydrogen-bond acceptors (Lipinski definition) is 5. The van der Waals surface area contributed by atoms with Gasteiger partial charge in [-0.3, -0.25) is 0 Å². The van der Waals surface area contributed by atoms with Crippen LogP contribution in [0.3, 0.4) is 0 Å². The average molecular weight is 674 g/mol. The van der Waals surface area contributed by atoms with Gasteiger partial charge in [-0.05, 0) is 53.1 Å². The summed E-state index contributed by atoms with van der Waals surface area (Å²) in [6.07, 6.45) is 0. The Hall–Kier alpha value is -6.01. The third-order valence-electron chi connectivity index (χ3n) is 9.33. The summed E-state index contributed by atoms with van der Waals surface area (Å²) in [5.74, 6) is 2.01. The fourth-order valence-electron chi connectivity index (χ4n) is 6.91. The highest BCUT2D eigenvalue weighted by molar-refractivity contribution is 7.26. The minimum absolute atomic E-state index is 0.667. The van der Waals surface area contributed by atoms with E-state index < -0.39 is 0 Å². The molecule has 7 aromatic carbocycles. The lowest BCUT2D eigenvalue weighted by Gasteiger charge is -2.10. The van der Waals surface area contributed by atoms with Crippen molar-refractivity contribution in [3.63, 3.8) is 0 Å². The summed E-state index contributed by atoms with van der Waals surface area (Å²) in [6, 6.07) is 58.0. The molecule has 0 saturated carbocycles. The Bertz CT molecular complexity index is 2800. The quantitative estimate of drug-likeness (QED) is 0.182. The zero-order valence-corrected chi connectivity index (χ0v) is 28.4.